The van der Waals surface area contributed by atoms with Crippen molar-refractivity contribution in [2.45, 2.75) is 39.8 Å². The first-order chi connectivity index (χ1) is 17.2. The highest BCUT2D eigenvalue weighted by Crippen LogP contribution is 2.32. The van der Waals surface area contributed by atoms with E-state index in [4.69, 9.17) is 9.47 Å². The van der Waals surface area contributed by atoms with Crippen molar-refractivity contribution in [3.05, 3.63) is 101 Å². The van der Waals surface area contributed by atoms with Gasteiger partial charge in [0.05, 0.1) is 39.5 Å². The number of fused-ring (bicyclic) bond motifs is 1. The normalized spacial score (nSPS) is 15.5. The number of nitrogens with zero attached hydrogens (tertiary/aromatic N) is 3. The van der Waals surface area contributed by atoms with E-state index in [1.165, 1.54) is 16.7 Å². The number of nitro groups is 1. The van der Waals surface area contributed by atoms with E-state index in [-0.39, 0.29) is 22.9 Å². The van der Waals surface area contributed by atoms with E-state index in [0.29, 0.717) is 38.5 Å². The molecule has 36 heavy (non-hydrogen) atoms. The molecule has 0 spiro atoms. The standard InChI is InChI=1S/C26H25N3O6S/c1-5-34-20-11-9-18(10-12-20)23-22(25(31)35-15(2)3)16(4)27-26-28(23)24(30)21(36-26)14-17-7-6-8-19(13-17)29(32)33/h6-15,23H,5H2,1-4H3/b21-14+/t23-/m0/s1. The number of carbonyl (C=O) groups is 1. The molecule has 186 valence electrons. The summed E-state index contributed by atoms with van der Waals surface area (Å²) in [6.45, 7) is 7.63. The van der Waals surface area contributed by atoms with Crippen LogP contribution in [-0.2, 0) is 9.53 Å². The van der Waals surface area contributed by atoms with Crippen molar-refractivity contribution in [2.75, 3.05) is 6.61 Å². The van der Waals surface area contributed by atoms with Crippen LogP contribution >= 0.6 is 11.3 Å². The number of esters is 1. The average Bonchev–Trinajstić information content (AvgIpc) is 3.13. The van der Waals surface area contributed by atoms with Crippen molar-refractivity contribution in [1.82, 2.24) is 4.57 Å². The molecule has 9 nitrogen and oxygen atoms in total. The molecular formula is C26H25N3O6S. The number of rotatable bonds is 7. The summed E-state index contributed by atoms with van der Waals surface area (Å²) in [4.78, 5) is 42.4. The van der Waals surface area contributed by atoms with Gasteiger partial charge in [-0.1, -0.05) is 35.6 Å². The van der Waals surface area contributed by atoms with E-state index in [2.05, 4.69) is 4.99 Å². The third-order valence-electron chi connectivity index (χ3n) is 5.47. The molecule has 2 heterocycles. The molecule has 1 aliphatic rings. The quantitative estimate of drug-likeness (QED) is 0.275. The highest BCUT2D eigenvalue weighted by atomic mass is 32.1. The molecule has 0 unspecified atom stereocenters. The first-order valence-corrected chi connectivity index (χ1v) is 12.2. The van der Waals surface area contributed by atoms with Crippen molar-refractivity contribution in [3.63, 3.8) is 0 Å². The Morgan fingerprint density at radius 3 is 2.61 bits per heavy atom. The molecule has 1 aromatic heterocycles. The van der Waals surface area contributed by atoms with Crippen molar-refractivity contribution in [2.24, 2.45) is 4.99 Å². The SMILES string of the molecule is CCOc1ccc([C@H]2C(C(=O)OC(C)C)=C(C)N=c3s/c(=C/c4cccc([N+](=O)[O-])c4)c(=O)n32)cc1. The lowest BCUT2D eigenvalue weighted by molar-refractivity contribution is -0.384. The molecule has 0 bridgehead atoms. The second-order valence-corrected chi connectivity index (χ2v) is 9.40. The lowest BCUT2D eigenvalue weighted by atomic mass is 9.96. The third kappa shape index (κ3) is 4.99. The fraction of sp³-hybridized carbons (Fsp3) is 0.269. The second kappa shape index (κ2) is 10.3. The second-order valence-electron chi connectivity index (χ2n) is 8.39. The van der Waals surface area contributed by atoms with Crippen molar-refractivity contribution in [1.29, 1.82) is 0 Å². The number of thiazole rings is 1. The van der Waals surface area contributed by atoms with Gasteiger partial charge in [0, 0.05) is 12.1 Å². The van der Waals surface area contributed by atoms with E-state index in [9.17, 15) is 19.7 Å². The van der Waals surface area contributed by atoms with Gasteiger partial charge in [-0.25, -0.2) is 9.79 Å². The van der Waals surface area contributed by atoms with Crippen molar-refractivity contribution < 1.29 is 19.2 Å². The monoisotopic (exact) mass is 507 g/mol. The van der Waals surface area contributed by atoms with Gasteiger partial charge in [0.1, 0.15) is 5.75 Å². The fourth-order valence-electron chi connectivity index (χ4n) is 3.97. The van der Waals surface area contributed by atoms with Crippen LogP contribution in [0, 0.1) is 10.1 Å². The van der Waals surface area contributed by atoms with Crippen molar-refractivity contribution in [3.8, 4) is 5.75 Å². The Bertz CT molecular complexity index is 1530. The maximum atomic E-state index is 13.6. The van der Waals surface area contributed by atoms with Crippen LogP contribution in [0.25, 0.3) is 6.08 Å². The van der Waals surface area contributed by atoms with Gasteiger partial charge in [-0.2, -0.15) is 0 Å². The number of nitro benzene ring substituents is 1. The molecular weight excluding hydrogens is 482 g/mol. The van der Waals surface area contributed by atoms with Crippen LogP contribution in [0.2, 0.25) is 0 Å². The molecule has 10 heteroatoms. The summed E-state index contributed by atoms with van der Waals surface area (Å²) >= 11 is 1.16. The van der Waals surface area contributed by atoms with Gasteiger partial charge < -0.3 is 9.47 Å². The van der Waals surface area contributed by atoms with E-state index in [1.54, 1.807) is 51.1 Å². The number of non-ortho nitro benzene ring substituents is 1. The minimum absolute atomic E-state index is 0.0710. The Morgan fingerprint density at radius 1 is 1.25 bits per heavy atom. The molecule has 0 saturated carbocycles. The van der Waals surface area contributed by atoms with Gasteiger partial charge in [-0.3, -0.25) is 19.5 Å². The largest absolute Gasteiger partial charge is 0.494 e. The predicted molar refractivity (Wildman–Crippen MR) is 136 cm³/mol. The molecule has 1 atom stereocenters. The molecule has 0 N–H and O–H groups in total. The van der Waals surface area contributed by atoms with Gasteiger partial charge in [0.2, 0.25) is 0 Å². The summed E-state index contributed by atoms with van der Waals surface area (Å²) in [5, 5.41) is 11.2. The average molecular weight is 508 g/mol. The van der Waals surface area contributed by atoms with Crippen molar-refractivity contribution >= 4 is 29.1 Å². The number of carbonyl (C=O) groups excluding carboxylic acids is 1. The Labute approximate surface area is 210 Å². The summed E-state index contributed by atoms with van der Waals surface area (Å²) in [6.07, 6.45) is 1.24. The summed E-state index contributed by atoms with van der Waals surface area (Å²) < 4.78 is 12.9. The lowest BCUT2D eigenvalue weighted by Gasteiger charge is -2.25. The number of ether oxygens (including phenoxy) is 2. The summed E-state index contributed by atoms with van der Waals surface area (Å²) in [6, 6.07) is 12.5. The molecule has 1 aliphatic heterocycles. The first kappa shape index (κ1) is 25.1. The zero-order valence-electron chi connectivity index (χ0n) is 20.3. The number of hydrogen-bond donors (Lipinski definition) is 0. The van der Waals surface area contributed by atoms with Crippen LogP contribution in [0.15, 0.2) is 69.6 Å². The molecule has 3 aromatic rings. The Hall–Kier alpha value is -4.05. The van der Waals surface area contributed by atoms with E-state index in [1.807, 2.05) is 19.1 Å². The van der Waals surface area contributed by atoms with Gasteiger partial charge in [-0.15, -0.1) is 0 Å². The Balaban J connectivity index is 1.90. The maximum Gasteiger partial charge on any atom is 0.338 e. The highest BCUT2D eigenvalue weighted by Gasteiger charge is 2.33. The third-order valence-corrected chi connectivity index (χ3v) is 6.45. The minimum atomic E-state index is -0.754. The molecule has 2 aromatic carbocycles. The molecule has 0 aliphatic carbocycles. The van der Waals surface area contributed by atoms with Gasteiger partial charge in [-0.05, 0) is 57.0 Å². The van der Waals surface area contributed by atoms with Crippen LogP contribution < -0.4 is 19.6 Å². The maximum absolute atomic E-state index is 13.6. The molecule has 0 amide bonds. The highest BCUT2D eigenvalue weighted by molar-refractivity contribution is 7.07. The zero-order valence-corrected chi connectivity index (χ0v) is 21.1. The van der Waals surface area contributed by atoms with Crippen LogP contribution in [0.5, 0.6) is 5.75 Å². The Kier molecular flexibility index (Phi) is 7.16. The number of allylic oxidation sites excluding steroid dienone is 1. The topological polar surface area (TPSA) is 113 Å². The fourth-order valence-corrected chi connectivity index (χ4v) is 5.01. The minimum Gasteiger partial charge on any atom is -0.494 e. The molecule has 0 fully saturated rings. The van der Waals surface area contributed by atoms with E-state index >= 15 is 0 Å². The van der Waals surface area contributed by atoms with Gasteiger partial charge in [0.15, 0.2) is 4.80 Å². The smallest absolute Gasteiger partial charge is 0.338 e. The summed E-state index contributed by atoms with van der Waals surface area (Å²) in [7, 11) is 0. The Morgan fingerprint density at radius 2 is 1.97 bits per heavy atom. The van der Waals surface area contributed by atoms with E-state index < -0.39 is 16.9 Å². The van der Waals surface area contributed by atoms with Crippen LogP contribution in [-0.4, -0.2) is 28.2 Å². The summed E-state index contributed by atoms with van der Waals surface area (Å²) in [5.74, 6) is 0.129. The summed E-state index contributed by atoms with van der Waals surface area (Å²) in [5.41, 5.74) is 1.53. The van der Waals surface area contributed by atoms with E-state index in [0.717, 1.165) is 11.3 Å². The predicted octanol–water partition coefficient (Wildman–Crippen LogP) is 3.49. The lowest BCUT2D eigenvalue weighted by Crippen LogP contribution is -2.40. The van der Waals surface area contributed by atoms with Crippen LogP contribution in [0.4, 0.5) is 5.69 Å². The molecule has 0 radical (unpaired) electrons. The van der Waals surface area contributed by atoms with Gasteiger partial charge >= 0.3 is 5.97 Å². The molecule has 0 saturated heterocycles. The number of benzene rings is 2. The van der Waals surface area contributed by atoms with Crippen LogP contribution in [0.3, 0.4) is 0 Å². The number of hydrogen-bond acceptors (Lipinski definition) is 8. The zero-order chi connectivity index (χ0) is 26.0. The first-order valence-electron chi connectivity index (χ1n) is 11.4. The number of aromatic nitrogens is 1. The van der Waals surface area contributed by atoms with Gasteiger partial charge in [0.25, 0.3) is 11.2 Å². The molecule has 4 rings (SSSR count). The van der Waals surface area contributed by atoms with Crippen LogP contribution in [0.1, 0.15) is 44.9 Å².